The maximum Gasteiger partial charge on any atom is 0.257 e. The molecule has 7 heteroatoms. The fourth-order valence-corrected chi connectivity index (χ4v) is 3.70. The Labute approximate surface area is 183 Å². The van der Waals surface area contributed by atoms with E-state index in [-0.39, 0.29) is 30.6 Å². The van der Waals surface area contributed by atoms with Crippen LogP contribution in [0.15, 0.2) is 48.5 Å². The first-order valence-electron chi connectivity index (χ1n) is 10.7. The Morgan fingerprint density at radius 1 is 1.10 bits per heavy atom. The van der Waals surface area contributed by atoms with E-state index in [9.17, 15) is 9.59 Å². The highest BCUT2D eigenvalue weighted by atomic mass is 16.5. The number of rotatable bonds is 8. The molecule has 1 aliphatic heterocycles. The second-order valence-corrected chi connectivity index (χ2v) is 7.87. The van der Waals surface area contributed by atoms with Gasteiger partial charge in [0.2, 0.25) is 0 Å². The lowest BCUT2D eigenvalue weighted by molar-refractivity contribution is -0.122. The molecule has 2 N–H and O–H groups in total. The number of morpholine rings is 1. The third-order valence-corrected chi connectivity index (χ3v) is 4.95. The summed E-state index contributed by atoms with van der Waals surface area (Å²) in [4.78, 5) is 26.5. The summed E-state index contributed by atoms with van der Waals surface area (Å²) in [5, 5.41) is 5.55. The van der Waals surface area contributed by atoms with Crippen LogP contribution in [0.3, 0.4) is 0 Å². The predicted molar refractivity (Wildman–Crippen MR) is 120 cm³/mol. The van der Waals surface area contributed by atoms with Crippen molar-refractivity contribution in [2.24, 2.45) is 0 Å². The number of carbonyl (C=O) groups excluding carboxylic acids is 2. The van der Waals surface area contributed by atoms with Gasteiger partial charge in [-0.05, 0) is 50.6 Å². The maximum absolute atomic E-state index is 12.6. The molecule has 0 saturated carbocycles. The molecule has 2 aromatic rings. The van der Waals surface area contributed by atoms with Crippen LogP contribution in [0.5, 0.6) is 5.75 Å². The van der Waals surface area contributed by atoms with Gasteiger partial charge in [0.05, 0.1) is 12.2 Å². The second kappa shape index (κ2) is 10.9. The van der Waals surface area contributed by atoms with Gasteiger partial charge < -0.3 is 20.1 Å². The van der Waals surface area contributed by atoms with Crippen LogP contribution in [-0.2, 0) is 16.1 Å². The first kappa shape index (κ1) is 22.8. The molecule has 166 valence electrons. The fourth-order valence-electron chi connectivity index (χ4n) is 3.70. The Hall–Kier alpha value is -2.90. The molecule has 2 amide bonds. The number of nitrogens with zero attached hydrogens (tertiary/aromatic N) is 1. The Balaban J connectivity index is 1.54. The van der Waals surface area contributed by atoms with Crippen molar-refractivity contribution in [3.05, 3.63) is 59.7 Å². The molecule has 0 aromatic heterocycles. The number of hydrogen-bond acceptors (Lipinski definition) is 5. The van der Waals surface area contributed by atoms with E-state index in [1.165, 1.54) is 5.56 Å². The summed E-state index contributed by atoms with van der Waals surface area (Å²) in [5.74, 6) is 0.146. The third kappa shape index (κ3) is 7.08. The van der Waals surface area contributed by atoms with Gasteiger partial charge in [0.15, 0.2) is 6.61 Å². The molecule has 0 radical (unpaired) electrons. The molecule has 1 aliphatic rings. The van der Waals surface area contributed by atoms with E-state index in [4.69, 9.17) is 9.47 Å². The molecule has 1 fully saturated rings. The van der Waals surface area contributed by atoms with E-state index < -0.39 is 0 Å². The molecule has 2 unspecified atom stereocenters. The lowest BCUT2D eigenvalue weighted by Crippen LogP contribution is -2.44. The monoisotopic (exact) mass is 425 g/mol. The molecule has 0 bridgehead atoms. The topological polar surface area (TPSA) is 79.9 Å². The number of ether oxygens (including phenoxy) is 2. The number of hydrogen-bond donors (Lipinski definition) is 2. The quantitative estimate of drug-likeness (QED) is 0.680. The van der Waals surface area contributed by atoms with E-state index in [1.807, 2.05) is 31.2 Å². The Morgan fingerprint density at radius 2 is 1.81 bits per heavy atom. The summed E-state index contributed by atoms with van der Waals surface area (Å²) in [6.07, 6.45) is 0.462. The standard InChI is InChI=1S/C24H31N3O4/c1-4-25-23(28)16-30-22-7-5-6-21(12-22)26-24(29)20-10-8-19(9-11-20)15-27-13-17(2)31-18(3)14-27/h5-12,17-18H,4,13-16H2,1-3H3,(H,25,28)(H,26,29). The van der Waals surface area contributed by atoms with Crippen LogP contribution in [0.25, 0.3) is 0 Å². The molecule has 1 heterocycles. The van der Waals surface area contributed by atoms with Gasteiger partial charge in [0, 0.05) is 43.5 Å². The Kier molecular flexibility index (Phi) is 8.03. The summed E-state index contributed by atoms with van der Waals surface area (Å²) in [5.41, 5.74) is 2.36. The zero-order valence-corrected chi connectivity index (χ0v) is 18.4. The minimum atomic E-state index is -0.193. The third-order valence-electron chi connectivity index (χ3n) is 4.95. The lowest BCUT2D eigenvalue weighted by Gasteiger charge is -2.35. The van der Waals surface area contributed by atoms with E-state index in [0.717, 1.165) is 19.6 Å². The van der Waals surface area contributed by atoms with Gasteiger partial charge in [-0.1, -0.05) is 18.2 Å². The number of likely N-dealkylation sites (N-methyl/N-ethyl adjacent to an activating group) is 1. The summed E-state index contributed by atoms with van der Waals surface area (Å²) >= 11 is 0. The number of benzene rings is 2. The van der Waals surface area contributed by atoms with Gasteiger partial charge >= 0.3 is 0 Å². The highest BCUT2D eigenvalue weighted by Crippen LogP contribution is 2.19. The average molecular weight is 426 g/mol. The van der Waals surface area contributed by atoms with Crippen LogP contribution in [0.2, 0.25) is 0 Å². The van der Waals surface area contributed by atoms with Crippen LogP contribution in [-0.4, -0.2) is 55.2 Å². The summed E-state index contributed by atoms with van der Waals surface area (Å²) in [6, 6.07) is 14.7. The molecule has 2 atom stereocenters. The van der Waals surface area contributed by atoms with Gasteiger partial charge in [-0.2, -0.15) is 0 Å². The minimum absolute atomic E-state index is 0.0621. The van der Waals surface area contributed by atoms with Crippen molar-refractivity contribution in [3.8, 4) is 5.75 Å². The number of carbonyl (C=O) groups is 2. The van der Waals surface area contributed by atoms with E-state index >= 15 is 0 Å². The Morgan fingerprint density at radius 3 is 2.48 bits per heavy atom. The van der Waals surface area contributed by atoms with E-state index in [1.54, 1.807) is 24.3 Å². The van der Waals surface area contributed by atoms with Crippen molar-refractivity contribution in [3.63, 3.8) is 0 Å². The maximum atomic E-state index is 12.6. The number of nitrogens with one attached hydrogen (secondary N) is 2. The second-order valence-electron chi connectivity index (χ2n) is 7.87. The lowest BCUT2D eigenvalue weighted by atomic mass is 10.1. The zero-order chi connectivity index (χ0) is 22.2. The van der Waals surface area contributed by atoms with Crippen molar-refractivity contribution in [1.29, 1.82) is 0 Å². The van der Waals surface area contributed by atoms with Gasteiger partial charge in [-0.3, -0.25) is 14.5 Å². The molecular weight excluding hydrogens is 394 g/mol. The van der Waals surface area contributed by atoms with Gasteiger partial charge in [0.1, 0.15) is 5.75 Å². The Bertz CT molecular complexity index is 875. The normalized spacial score (nSPS) is 18.9. The van der Waals surface area contributed by atoms with Crippen molar-refractivity contribution >= 4 is 17.5 Å². The predicted octanol–water partition coefficient (Wildman–Crippen LogP) is 3.06. The minimum Gasteiger partial charge on any atom is -0.484 e. The van der Waals surface area contributed by atoms with Crippen LogP contribution in [0.1, 0.15) is 36.7 Å². The average Bonchev–Trinajstić information content (AvgIpc) is 2.72. The molecule has 7 nitrogen and oxygen atoms in total. The van der Waals surface area contributed by atoms with Crippen molar-refractivity contribution in [1.82, 2.24) is 10.2 Å². The van der Waals surface area contributed by atoms with Crippen LogP contribution >= 0.6 is 0 Å². The molecule has 3 rings (SSSR count). The molecule has 0 aliphatic carbocycles. The van der Waals surface area contributed by atoms with Crippen LogP contribution in [0.4, 0.5) is 5.69 Å². The first-order chi connectivity index (χ1) is 14.9. The number of amides is 2. The largest absolute Gasteiger partial charge is 0.484 e. The highest BCUT2D eigenvalue weighted by Gasteiger charge is 2.22. The molecule has 0 spiro atoms. The SMILES string of the molecule is CCNC(=O)COc1cccc(NC(=O)c2ccc(CN3CC(C)OC(C)C3)cc2)c1. The smallest absolute Gasteiger partial charge is 0.257 e. The number of anilines is 1. The highest BCUT2D eigenvalue weighted by molar-refractivity contribution is 6.04. The van der Waals surface area contributed by atoms with Gasteiger partial charge in [-0.25, -0.2) is 0 Å². The zero-order valence-electron chi connectivity index (χ0n) is 18.4. The van der Waals surface area contributed by atoms with Gasteiger partial charge in [-0.15, -0.1) is 0 Å². The molecule has 2 aromatic carbocycles. The summed E-state index contributed by atoms with van der Waals surface area (Å²) < 4.78 is 11.3. The van der Waals surface area contributed by atoms with Crippen molar-refractivity contribution < 1.29 is 19.1 Å². The first-order valence-corrected chi connectivity index (χ1v) is 10.7. The van der Waals surface area contributed by atoms with Crippen LogP contribution < -0.4 is 15.4 Å². The molecule has 31 heavy (non-hydrogen) atoms. The van der Waals surface area contributed by atoms with Crippen LogP contribution in [0, 0.1) is 0 Å². The fraction of sp³-hybridized carbons (Fsp3) is 0.417. The molecule has 1 saturated heterocycles. The van der Waals surface area contributed by atoms with E-state index in [2.05, 4.69) is 29.4 Å². The van der Waals surface area contributed by atoms with E-state index in [0.29, 0.717) is 23.5 Å². The molecular formula is C24H31N3O4. The van der Waals surface area contributed by atoms with Gasteiger partial charge in [0.25, 0.3) is 11.8 Å². The summed E-state index contributed by atoms with van der Waals surface area (Å²) in [6.45, 7) is 9.19. The summed E-state index contributed by atoms with van der Waals surface area (Å²) in [7, 11) is 0. The van der Waals surface area contributed by atoms with Crippen molar-refractivity contribution in [2.45, 2.75) is 39.5 Å². The van der Waals surface area contributed by atoms with Crippen molar-refractivity contribution in [2.75, 3.05) is 31.6 Å².